The second kappa shape index (κ2) is 8.03. The molecule has 7 nitrogen and oxygen atoms in total. The van der Waals surface area contributed by atoms with Gasteiger partial charge >= 0.3 is 6.03 Å². The van der Waals surface area contributed by atoms with E-state index >= 15 is 0 Å². The van der Waals surface area contributed by atoms with Crippen LogP contribution in [0.25, 0.3) is 0 Å². The van der Waals surface area contributed by atoms with Gasteiger partial charge in [-0.15, -0.1) is 0 Å². The van der Waals surface area contributed by atoms with Gasteiger partial charge in [-0.1, -0.05) is 18.2 Å². The van der Waals surface area contributed by atoms with Crippen molar-refractivity contribution >= 4 is 17.5 Å². The quantitative estimate of drug-likeness (QED) is 0.913. The molecule has 1 aliphatic heterocycles. The molecule has 2 amide bonds. The molecule has 1 saturated heterocycles. The molecular weight excluding hydrogens is 330 g/mol. The Balaban J connectivity index is 1.60. The van der Waals surface area contributed by atoms with Crippen LogP contribution in [0.3, 0.4) is 0 Å². The second-order valence-corrected chi connectivity index (χ2v) is 6.55. The van der Waals surface area contributed by atoms with Crippen molar-refractivity contribution in [2.75, 3.05) is 36.4 Å². The zero-order valence-electron chi connectivity index (χ0n) is 15.5. The average molecular weight is 355 g/mol. The maximum atomic E-state index is 12.4. The molecular formula is C19H25N5O2. The fourth-order valence-corrected chi connectivity index (χ4v) is 2.85. The molecule has 0 saturated carbocycles. The lowest BCUT2D eigenvalue weighted by molar-refractivity contribution is 0.208. The topological polar surface area (TPSA) is 70.6 Å². The Morgan fingerprint density at radius 2 is 1.81 bits per heavy atom. The number of para-hydroxylation sites is 1. The number of hydrogen-bond donors (Lipinski definition) is 1. The first-order valence-corrected chi connectivity index (χ1v) is 8.89. The van der Waals surface area contributed by atoms with Crippen LogP contribution in [0, 0.1) is 6.92 Å². The number of aromatic nitrogens is 2. The van der Waals surface area contributed by atoms with E-state index < -0.39 is 0 Å². The van der Waals surface area contributed by atoms with Gasteiger partial charge in [-0.05, 0) is 32.9 Å². The monoisotopic (exact) mass is 355 g/mol. The summed E-state index contributed by atoms with van der Waals surface area (Å²) in [5.41, 5.74) is 0.807. The number of carbonyl (C=O) groups is 1. The number of piperazine rings is 1. The lowest BCUT2D eigenvalue weighted by Crippen LogP contribution is -2.50. The third kappa shape index (κ3) is 4.62. The van der Waals surface area contributed by atoms with E-state index in [0.717, 1.165) is 24.6 Å². The number of hydrogen-bond acceptors (Lipinski definition) is 5. The third-order valence-corrected chi connectivity index (χ3v) is 4.07. The molecule has 2 heterocycles. The predicted octanol–water partition coefficient (Wildman–Crippen LogP) is 2.93. The molecule has 2 aromatic rings. The molecule has 1 aromatic carbocycles. The zero-order valence-corrected chi connectivity index (χ0v) is 15.5. The Labute approximate surface area is 154 Å². The first-order chi connectivity index (χ1) is 12.5. The van der Waals surface area contributed by atoms with E-state index in [9.17, 15) is 4.79 Å². The molecule has 1 N–H and O–H groups in total. The van der Waals surface area contributed by atoms with Gasteiger partial charge in [-0.3, -0.25) is 0 Å². The van der Waals surface area contributed by atoms with Gasteiger partial charge in [0.25, 0.3) is 0 Å². The Morgan fingerprint density at radius 1 is 1.12 bits per heavy atom. The Morgan fingerprint density at radius 3 is 2.46 bits per heavy atom. The van der Waals surface area contributed by atoms with Crippen molar-refractivity contribution in [2.45, 2.75) is 26.9 Å². The summed E-state index contributed by atoms with van der Waals surface area (Å²) in [7, 11) is 0. The van der Waals surface area contributed by atoms with Crippen LogP contribution in [0.1, 0.15) is 19.7 Å². The smallest absolute Gasteiger partial charge is 0.321 e. The molecule has 1 aliphatic rings. The van der Waals surface area contributed by atoms with Crippen LogP contribution < -0.4 is 15.0 Å². The zero-order chi connectivity index (χ0) is 18.5. The standard InChI is InChI=1S/C19H25N5O2/c1-14(2)26-18-13-17(20-15(3)21-18)23-9-11-24(12-10-23)19(25)22-16-7-5-4-6-8-16/h4-8,13-14H,9-12H2,1-3H3,(H,22,25). The van der Waals surface area contributed by atoms with E-state index in [2.05, 4.69) is 20.2 Å². The Hall–Kier alpha value is -2.83. The van der Waals surface area contributed by atoms with E-state index in [1.807, 2.05) is 62.1 Å². The van der Waals surface area contributed by atoms with Crippen LogP contribution in [-0.2, 0) is 0 Å². The van der Waals surface area contributed by atoms with E-state index in [0.29, 0.717) is 24.8 Å². The summed E-state index contributed by atoms with van der Waals surface area (Å²) < 4.78 is 5.70. The fourth-order valence-electron chi connectivity index (χ4n) is 2.85. The lowest BCUT2D eigenvalue weighted by atomic mass is 10.3. The highest BCUT2D eigenvalue weighted by molar-refractivity contribution is 5.89. The molecule has 0 bridgehead atoms. The molecule has 3 rings (SSSR count). The molecule has 0 atom stereocenters. The van der Waals surface area contributed by atoms with E-state index in [1.165, 1.54) is 0 Å². The van der Waals surface area contributed by atoms with Crippen molar-refractivity contribution < 1.29 is 9.53 Å². The normalized spacial score (nSPS) is 14.5. The summed E-state index contributed by atoms with van der Waals surface area (Å²) >= 11 is 0. The highest BCUT2D eigenvalue weighted by Crippen LogP contribution is 2.20. The predicted molar refractivity (Wildman–Crippen MR) is 102 cm³/mol. The number of carbonyl (C=O) groups excluding carboxylic acids is 1. The van der Waals surface area contributed by atoms with Crippen LogP contribution in [0.2, 0.25) is 0 Å². The Kier molecular flexibility index (Phi) is 5.55. The van der Waals surface area contributed by atoms with Crippen molar-refractivity contribution in [2.24, 2.45) is 0 Å². The van der Waals surface area contributed by atoms with Crippen LogP contribution in [0.5, 0.6) is 5.88 Å². The van der Waals surface area contributed by atoms with Gasteiger partial charge in [0.2, 0.25) is 5.88 Å². The van der Waals surface area contributed by atoms with E-state index in [4.69, 9.17) is 4.74 Å². The summed E-state index contributed by atoms with van der Waals surface area (Å²) in [5.74, 6) is 2.12. The maximum absolute atomic E-state index is 12.4. The van der Waals surface area contributed by atoms with Gasteiger partial charge in [0, 0.05) is 37.9 Å². The summed E-state index contributed by atoms with van der Waals surface area (Å²) in [6.07, 6.45) is 0.0654. The summed E-state index contributed by atoms with van der Waals surface area (Å²) in [5, 5.41) is 2.93. The number of urea groups is 1. The molecule has 1 aromatic heterocycles. The van der Waals surface area contributed by atoms with Gasteiger partial charge in [0.15, 0.2) is 0 Å². The van der Waals surface area contributed by atoms with Crippen LogP contribution in [0.15, 0.2) is 36.4 Å². The summed E-state index contributed by atoms with van der Waals surface area (Å²) in [6.45, 7) is 8.53. The highest BCUT2D eigenvalue weighted by Gasteiger charge is 2.22. The number of benzene rings is 1. The van der Waals surface area contributed by atoms with Crippen LogP contribution in [0.4, 0.5) is 16.3 Å². The van der Waals surface area contributed by atoms with Crippen LogP contribution in [-0.4, -0.2) is 53.2 Å². The van der Waals surface area contributed by atoms with Gasteiger partial charge < -0.3 is 19.9 Å². The molecule has 0 aliphatic carbocycles. The van der Waals surface area contributed by atoms with Gasteiger partial charge in [0.1, 0.15) is 11.6 Å². The number of anilines is 2. The molecule has 0 unspecified atom stereocenters. The van der Waals surface area contributed by atoms with Crippen LogP contribution >= 0.6 is 0 Å². The number of nitrogens with zero attached hydrogens (tertiary/aromatic N) is 4. The molecule has 7 heteroatoms. The largest absolute Gasteiger partial charge is 0.475 e. The summed E-state index contributed by atoms with van der Waals surface area (Å²) in [4.78, 5) is 25.2. The molecule has 0 spiro atoms. The molecule has 138 valence electrons. The number of amides is 2. The fraction of sp³-hybridized carbons (Fsp3) is 0.421. The number of nitrogens with one attached hydrogen (secondary N) is 1. The number of ether oxygens (including phenoxy) is 1. The third-order valence-electron chi connectivity index (χ3n) is 4.07. The minimum atomic E-state index is -0.0708. The minimum Gasteiger partial charge on any atom is -0.475 e. The van der Waals surface area contributed by atoms with Crippen molar-refractivity contribution in [3.05, 3.63) is 42.2 Å². The lowest BCUT2D eigenvalue weighted by Gasteiger charge is -2.35. The average Bonchev–Trinajstić information content (AvgIpc) is 2.61. The van der Waals surface area contributed by atoms with Crippen molar-refractivity contribution in [3.8, 4) is 5.88 Å². The minimum absolute atomic E-state index is 0.0654. The van der Waals surface area contributed by atoms with Gasteiger partial charge in [0.05, 0.1) is 6.10 Å². The second-order valence-electron chi connectivity index (χ2n) is 6.55. The highest BCUT2D eigenvalue weighted by atomic mass is 16.5. The molecule has 1 fully saturated rings. The van der Waals surface area contributed by atoms with E-state index in [-0.39, 0.29) is 12.1 Å². The van der Waals surface area contributed by atoms with Gasteiger partial charge in [-0.25, -0.2) is 9.78 Å². The molecule has 26 heavy (non-hydrogen) atoms. The summed E-state index contributed by atoms with van der Waals surface area (Å²) in [6, 6.07) is 11.3. The van der Waals surface area contributed by atoms with Crippen molar-refractivity contribution in [1.82, 2.24) is 14.9 Å². The van der Waals surface area contributed by atoms with Crippen molar-refractivity contribution in [3.63, 3.8) is 0 Å². The number of rotatable bonds is 4. The van der Waals surface area contributed by atoms with Crippen molar-refractivity contribution in [1.29, 1.82) is 0 Å². The first-order valence-electron chi connectivity index (χ1n) is 8.89. The maximum Gasteiger partial charge on any atom is 0.321 e. The first kappa shape index (κ1) is 18.0. The Bertz CT molecular complexity index is 743. The number of aryl methyl sites for hydroxylation is 1. The molecule has 0 radical (unpaired) electrons. The SMILES string of the molecule is Cc1nc(OC(C)C)cc(N2CCN(C(=O)Nc3ccccc3)CC2)n1. The van der Waals surface area contributed by atoms with E-state index in [1.54, 1.807) is 0 Å². The van der Waals surface area contributed by atoms with Gasteiger partial charge in [-0.2, -0.15) is 4.98 Å².